The molecule has 0 bridgehead atoms. The molecule has 2 aromatic rings. The summed E-state index contributed by atoms with van der Waals surface area (Å²) in [7, 11) is 0.389. The number of nitrogens with zero attached hydrogens (tertiary/aromatic N) is 2. The van der Waals surface area contributed by atoms with Gasteiger partial charge in [-0.3, -0.25) is 9.55 Å². The van der Waals surface area contributed by atoms with Crippen LogP contribution in [0.4, 0.5) is 5.69 Å². The predicted octanol–water partition coefficient (Wildman–Crippen LogP) is 3.17. The Hall–Kier alpha value is -1.68. The topological polar surface area (TPSA) is 62.7 Å². The quantitative estimate of drug-likeness (QED) is 0.822. The Labute approximate surface area is 137 Å². The molecule has 5 nitrogen and oxygen atoms in total. The molecule has 0 saturated heterocycles. The molecule has 0 saturated carbocycles. The van der Waals surface area contributed by atoms with E-state index in [1.54, 1.807) is 50.5 Å². The van der Waals surface area contributed by atoms with E-state index < -0.39 is 13.2 Å². The summed E-state index contributed by atoms with van der Waals surface area (Å²) < 4.78 is 19.2. The lowest BCUT2D eigenvalue weighted by atomic mass is 10.3. The molecule has 1 heterocycles. The van der Waals surface area contributed by atoms with Crippen LogP contribution in [0.1, 0.15) is 25.3 Å². The van der Waals surface area contributed by atoms with Gasteiger partial charge < -0.3 is 14.5 Å². The number of anilines is 1. The first-order valence-corrected chi connectivity index (χ1v) is 9.18. The van der Waals surface area contributed by atoms with E-state index in [4.69, 9.17) is 4.52 Å². The second-order valence-corrected chi connectivity index (χ2v) is 8.23. The summed E-state index contributed by atoms with van der Waals surface area (Å²) in [5.74, 6) is -1.22. The SMILES string of the molecule is CC(C)O[P@@](=O)(c1ccc(N(C)C)cc1)[C@H](O)c1ccncc1. The van der Waals surface area contributed by atoms with E-state index in [0.717, 1.165) is 5.69 Å². The highest BCUT2D eigenvalue weighted by Gasteiger charge is 2.37. The molecule has 2 rings (SSSR count). The molecule has 2 atom stereocenters. The van der Waals surface area contributed by atoms with Gasteiger partial charge in [-0.15, -0.1) is 0 Å². The molecule has 0 radical (unpaired) electrons. The van der Waals surface area contributed by atoms with Crippen LogP contribution in [0.5, 0.6) is 0 Å². The highest BCUT2D eigenvalue weighted by atomic mass is 31.2. The van der Waals surface area contributed by atoms with Gasteiger partial charge in [-0.1, -0.05) is 0 Å². The Morgan fingerprint density at radius 1 is 1.09 bits per heavy atom. The van der Waals surface area contributed by atoms with Crippen LogP contribution in [0.2, 0.25) is 0 Å². The molecular weight excluding hydrogens is 311 g/mol. The average Bonchev–Trinajstić information content (AvgIpc) is 2.54. The van der Waals surface area contributed by atoms with Crippen molar-refractivity contribution in [3.63, 3.8) is 0 Å². The van der Waals surface area contributed by atoms with Crippen molar-refractivity contribution in [2.45, 2.75) is 25.8 Å². The largest absolute Gasteiger partial charge is 0.378 e. The zero-order chi connectivity index (χ0) is 17.0. The third-order valence-electron chi connectivity index (χ3n) is 3.42. The first-order valence-electron chi connectivity index (χ1n) is 7.48. The van der Waals surface area contributed by atoms with Crippen LogP contribution in [0.3, 0.4) is 0 Å². The van der Waals surface area contributed by atoms with Crippen LogP contribution in [0, 0.1) is 0 Å². The molecule has 1 aromatic heterocycles. The third-order valence-corrected chi connectivity index (χ3v) is 6.11. The number of hydrogen-bond donors (Lipinski definition) is 1. The average molecular weight is 334 g/mol. The molecular formula is C17H23N2O3P. The zero-order valence-electron chi connectivity index (χ0n) is 13.9. The lowest BCUT2D eigenvalue weighted by Gasteiger charge is -2.26. The summed E-state index contributed by atoms with van der Waals surface area (Å²) in [4.78, 5) is 5.88. The summed E-state index contributed by atoms with van der Waals surface area (Å²) >= 11 is 0. The van der Waals surface area contributed by atoms with Crippen LogP contribution in [0.25, 0.3) is 0 Å². The fourth-order valence-electron chi connectivity index (χ4n) is 2.26. The first-order chi connectivity index (χ1) is 10.8. The molecule has 1 aromatic carbocycles. The second-order valence-electron chi connectivity index (χ2n) is 5.82. The van der Waals surface area contributed by atoms with Gasteiger partial charge in [0.15, 0.2) is 5.85 Å². The van der Waals surface area contributed by atoms with E-state index in [1.165, 1.54) is 0 Å². The number of aromatic nitrogens is 1. The molecule has 0 aliphatic heterocycles. The summed E-state index contributed by atoms with van der Waals surface area (Å²) in [6, 6.07) is 10.5. The van der Waals surface area contributed by atoms with Crippen molar-refractivity contribution in [1.29, 1.82) is 0 Å². The van der Waals surface area contributed by atoms with Crippen molar-refractivity contribution >= 4 is 18.4 Å². The van der Waals surface area contributed by atoms with Gasteiger partial charge in [0.25, 0.3) is 7.37 Å². The van der Waals surface area contributed by atoms with Crippen LogP contribution in [-0.4, -0.2) is 30.3 Å². The number of rotatable bonds is 6. The van der Waals surface area contributed by atoms with Crippen molar-refractivity contribution in [3.05, 3.63) is 54.4 Å². The highest BCUT2D eigenvalue weighted by molar-refractivity contribution is 7.67. The number of hydrogen-bond acceptors (Lipinski definition) is 5. The summed E-state index contributed by atoms with van der Waals surface area (Å²) in [5.41, 5.74) is 1.52. The minimum Gasteiger partial charge on any atom is -0.378 e. The van der Waals surface area contributed by atoms with Crippen LogP contribution < -0.4 is 10.2 Å². The van der Waals surface area contributed by atoms with Crippen LogP contribution >= 0.6 is 7.37 Å². The summed E-state index contributed by atoms with van der Waals surface area (Å²) in [6.07, 6.45) is 2.85. The molecule has 124 valence electrons. The Kier molecular flexibility index (Phi) is 5.58. The van der Waals surface area contributed by atoms with Crippen molar-refractivity contribution < 1.29 is 14.2 Å². The smallest absolute Gasteiger partial charge is 0.264 e. The maximum absolute atomic E-state index is 13.5. The first kappa shape index (κ1) is 17.7. The lowest BCUT2D eigenvalue weighted by molar-refractivity contribution is 0.188. The van der Waals surface area contributed by atoms with Crippen molar-refractivity contribution in [2.75, 3.05) is 19.0 Å². The van der Waals surface area contributed by atoms with Gasteiger partial charge in [-0.05, 0) is 55.8 Å². The van der Waals surface area contributed by atoms with Gasteiger partial charge in [0, 0.05) is 37.5 Å². The number of aliphatic hydroxyl groups is 1. The van der Waals surface area contributed by atoms with E-state index >= 15 is 0 Å². The van der Waals surface area contributed by atoms with E-state index in [1.807, 2.05) is 31.1 Å². The van der Waals surface area contributed by atoms with Crippen molar-refractivity contribution in [3.8, 4) is 0 Å². The van der Waals surface area contributed by atoms with Gasteiger partial charge >= 0.3 is 0 Å². The van der Waals surface area contributed by atoms with Gasteiger partial charge in [0.1, 0.15) is 0 Å². The van der Waals surface area contributed by atoms with E-state index in [0.29, 0.717) is 10.9 Å². The maximum atomic E-state index is 13.5. The molecule has 0 amide bonds. The molecule has 0 unspecified atom stereocenters. The van der Waals surface area contributed by atoms with Crippen molar-refractivity contribution in [1.82, 2.24) is 4.98 Å². The minimum absolute atomic E-state index is 0.272. The van der Waals surface area contributed by atoms with Crippen LogP contribution in [-0.2, 0) is 9.09 Å². The minimum atomic E-state index is -3.48. The molecule has 0 aliphatic carbocycles. The fourth-order valence-corrected chi connectivity index (χ4v) is 4.54. The lowest BCUT2D eigenvalue weighted by Crippen LogP contribution is -2.18. The Morgan fingerprint density at radius 3 is 2.13 bits per heavy atom. The number of aliphatic hydroxyl groups excluding tert-OH is 1. The standard InChI is InChI=1S/C17H23N2O3P/c1-13(2)22-23(21,17(20)14-9-11-18-12-10-14)16-7-5-15(6-8-16)19(3)4/h5-13,17,20H,1-4H3/t17-,23-/m0/s1. The Balaban J connectivity index is 2.44. The fraction of sp³-hybridized carbons (Fsp3) is 0.353. The van der Waals surface area contributed by atoms with E-state index in [9.17, 15) is 9.67 Å². The highest BCUT2D eigenvalue weighted by Crippen LogP contribution is 2.58. The predicted molar refractivity (Wildman–Crippen MR) is 93.4 cm³/mol. The van der Waals surface area contributed by atoms with Crippen molar-refractivity contribution in [2.24, 2.45) is 0 Å². The van der Waals surface area contributed by atoms with Gasteiger partial charge in [0.05, 0.1) is 6.10 Å². The second kappa shape index (κ2) is 7.26. The van der Waals surface area contributed by atoms with E-state index in [-0.39, 0.29) is 6.10 Å². The molecule has 23 heavy (non-hydrogen) atoms. The number of pyridine rings is 1. The number of benzene rings is 1. The Morgan fingerprint density at radius 2 is 1.65 bits per heavy atom. The normalized spacial score (nSPS) is 15.2. The molecule has 0 fully saturated rings. The molecule has 0 aliphatic rings. The Bertz CT molecular complexity index is 672. The van der Waals surface area contributed by atoms with E-state index in [2.05, 4.69) is 4.98 Å². The van der Waals surface area contributed by atoms with Crippen LogP contribution in [0.15, 0.2) is 48.8 Å². The van der Waals surface area contributed by atoms with Gasteiger partial charge in [-0.2, -0.15) is 0 Å². The third kappa shape index (κ3) is 3.99. The van der Waals surface area contributed by atoms with Gasteiger partial charge in [-0.25, -0.2) is 0 Å². The summed E-state index contributed by atoms with van der Waals surface area (Å²) in [6.45, 7) is 3.61. The molecule has 6 heteroatoms. The molecule has 1 N–H and O–H groups in total. The maximum Gasteiger partial charge on any atom is 0.264 e. The summed E-state index contributed by atoms with van der Waals surface area (Å²) in [5, 5.41) is 11.2. The van der Waals surface area contributed by atoms with Gasteiger partial charge in [0.2, 0.25) is 0 Å². The molecule has 0 spiro atoms. The zero-order valence-corrected chi connectivity index (χ0v) is 14.8. The monoisotopic (exact) mass is 334 g/mol.